The first kappa shape index (κ1) is 21.2. The van der Waals surface area contributed by atoms with Gasteiger partial charge in [0.2, 0.25) is 0 Å². The van der Waals surface area contributed by atoms with Crippen molar-refractivity contribution in [2.24, 2.45) is 0 Å². The largest absolute Gasteiger partial charge is 0.394 e. The fourth-order valence-corrected chi connectivity index (χ4v) is 1.51. The molecule has 0 aromatic heterocycles. The Morgan fingerprint density at radius 3 is 1.68 bits per heavy atom. The summed E-state index contributed by atoms with van der Waals surface area (Å²) in [5.74, 6) is 0. The van der Waals surface area contributed by atoms with E-state index >= 15 is 0 Å². The molecule has 0 aliphatic heterocycles. The minimum absolute atomic E-state index is 0.135. The monoisotopic (exact) mass is 320 g/mol. The van der Waals surface area contributed by atoms with Gasteiger partial charge in [-0.1, -0.05) is 12.2 Å². The zero-order chi connectivity index (χ0) is 16.6. The van der Waals surface area contributed by atoms with E-state index in [0.717, 1.165) is 0 Å². The van der Waals surface area contributed by atoms with Gasteiger partial charge in [0, 0.05) is 0 Å². The first-order valence-electron chi connectivity index (χ1n) is 7.18. The molecule has 7 heteroatoms. The second-order valence-corrected chi connectivity index (χ2v) is 4.54. The Morgan fingerprint density at radius 1 is 0.727 bits per heavy atom. The van der Waals surface area contributed by atoms with Gasteiger partial charge in [-0.2, -0.15) is 0 Å². The smallest absolute Gasteiger partial charge is 0.105 e. The van der Waals surface area contributed by atoms with Gasteiger partial charge in [-0.15, -0.1) is 13.2 Å². The van der Waals surface area contributed by atoms with E-state index in [2.05, 4.69) is 13.2 Å². The molecule has 2 unspecified atom stereocenters. The van der Waals surface area contributed by atoms with Crippen LogP contribution in [0, 0.1) is 0 Å². The summed E-state index contributed by atoms with van der Waals surface area (Å²) >= 11 is 0. The van der Waals surface area contributed by atoms with Gasteiger partial charge in [0.15, 0.2) is 0 Å². The fourth-order valence-electron chi connectivity index (χ4n) is 1.51. The highest BCUT2D eigenvalue weighted by atomic mass is 16.6. The highest BCUT2D eigenvalue weighted by molar-refractivity contribution is 4.68. The third kappa shape index (κ3) is 10.9. The third-order valence-electron chi connectivity index (χ3n) is 2.59. The number of ether oxygens (including phenoxy) is 4. The molecule has 2 atom stereocenters. The molecule has 0 amide bonds. The first-order valence-corrected chi connectivity index (χ1v) is 7.18. The molecule has 0 heterocycles. The first-order chi connectivity index (χ1) is 10.7. The topological polar surface area (TPSA) is 97.6 Å². The van der Waals surface area contributed by atoms with Crippen LogP contribution < -0.4 is 0 Å². The van der Waals surface area contributed by atoms with Gasteiger partial charge >= 0.3 is 0 Å². The lowest BCUT2D eigenvalue weighted by Gasteiger charge is -2.24. The molecule has 0 rings (SSSR count). The minimum atomic E-state index is -0.703. The summed E-state index contributed by atoms with van der Waals surface area (Å²) in [6.45, 7) is 7.58. The average molecular weight is 320 g/mol. The van der Waals surface area contributed by atoms with Gasteiger partial charge in [0.25, 0.3) is 0 Å². The van der Waals surface area contributed by atoms with Crippen molar-refractivity contribution in [3.8, 4) is 0 Å². The van der Waals surface area contributed by atoms with Gasteiger partial charge in [0.1, 0.15) is 18.3 Å². The van der Waals surface area contributed by atoms with Crippen molar-refractivity contribution in [1.29, 1.82) is 0 Å². The Bertz CT molecular complexity index is 269. The van der Waals surface area contributed by atoms with Crippen LogP contribution in [-0.4, -0.2) is 86.5 Å². The molecule has 0 aromatic carbocycles. The maximum Gasteiger partial charge on any atom is 0.105 e. The Morgan fingerprint density at radius 2 is 1.23 bits per heavy atom. The van der Waals surface area contributed by atoms with E-state index in [-0.39, 0.29) is 39.6 Å². The van der Waals surface area contributed by atoms with E-state index in [9.17, 15) is 5.11 Å². The standard InChI is InChI=1S/C15H28O7/c1-3-5-19-10-14(9-18)21-12-15(11-20-6-4-2)22-13(7-16)8-17/h3-4,13-18H,1-2,5-12H2. The van der Waals surface area contributed by atoms with Crippen molar-refractivity contribution < 1.29 is 34.3 Å². The van der Waals surface area contributed by atoms with Crippen LogP contribution in [0.2, 0.25) is 0 Å². The highest BCUT2D eigenvalue weighted by Gasteiger charge is 2.18. The molecule has 0 aliphatic carbocycles. The molecule has 0 radical (unpaired) electrons. The normalized spacial score (nSPS) is 14.0. The zero-order valence-electron chi connectivity index (χ0n) is 12.9. The summed E-state index contributed by atoms with van der Waals surface area (Å²) in [6, 6.07) is 0. The van der Waals surface area contributed by atoms with Crippen LogP contribution in [0.1, 0.15) is 0 Å². The molecule has 130 valence electrons. The third-order valence-corrected chi connectivity index (χ3v) is 2.59. The van der Waals surface area contributed by atoms with Gasteiger partial charge in [-0.25, -0.2) is 0 Å². The Labute approximate surface area is 131 Å². The maximum atomic E-state index is 9.23. The van der Waals surface area contributed by atoms with Crippen LogP contribution in [0.4, 0.5) is 0 Å². The molecule has 7 nitrogen and oxygen atoms in total. The molecule has 0 bridgehead atoms. The molecule has 0 saturated heterocycles. The average Bonchev–Trinajstić information content (AvgIpc) is 2.55. The Hall–Kier alpha value is -0.800. The fraction of sp³-hybridized carbons (Fsp3) is 0.733. The highest BCUT2D eigenvalue weighted by Crippen LogP contribution is 2.04. The predicted molar refractivity (Wildman–Crippen MR) is 81.7 cm³/mol. The molecule has 0 aromatic rings. The number of aliphatic hydroxyl groups excluding tert-OH is 3. The maximum absolute atomic E-state index is 9.23. The number of aliphatic hydroxyl groups is 3. The van der Waals surface area contributed by atoms with Crippen LogP contribution in [-0.2, 0) is 18.9 Å². The molecule has 3 N–H and O–H groups in total. The summed E-state index contributed by atoms with van der Waals surface area (Å²) in [7, 11) is 0. The van der Waals surface area contributed by atoms with Crippen molar-refractivity contribution in [2.75, 3.05) is 52.9 Å². The molecule has 0 aliphatic rings. The summed E-state index contributed by atoms with van der Waals surface area (Å²) < 4.78 is 21.5. The van der Waals surface area contributed by atoms with Gasteiger partial charge in [-0.05, 0) is 0 Å². The van der Waals surface area contributed by atoms with Crippen molar-refractivity contribution >= 4 is 0 Å². The lowest BCUT2D eigenvalue weighted by molar-refractivity contribution is -0.133. The van der Waals surface area contributed by atoms with Crippen molar-refractivity contribution in [1.82, 2.24) is 0 Å². The number of hydrogen-bond acceptors (Lipinski definition) is 7. The van der Waals surface area contributed by atoms with E-state index in [1.165, 1.54) is 0 Å². The van der Waals surface area contributed by atoms with Crippen molar-refractivity contribution in [3.63, 3.8) is 0 Å². The molecule has 22 heavy (non-hydrogen) atoms. The molecular formula is C15H28O7. The summed E-state index contributed by atoms with van der Waals surface area (Å²) in [4.78, 5) is 0. The van der Waals surface area contributed by atoms with E-state index in [0.29, 0.717) is 13.2 Å². The summed E-state index contributed by atoms with van der Waals surface area (Å²) in [5.41, 5.74) is 0. The summed E-state index contributed by atoms with van der Waals surface area (Å²) in [6.07, 6.45) is 1.53. The second-order valence-electron chi connectivity index (χ2n) is 4.54. The Balaban J connectivity index is 4.26. The molecular weight excluding hydrogens is 292 g/mol. The minimum Gasteiger partial charge on any atom is -0.394 e. The van der Waals surface area contributed by atoms with Crippen LogP contribution in [0.15, 0.2) is 25.3 Å². The molecule has 0 fully saturated rings. The van der Waals surface area contributed by atoms with Crippen LogP contribution in [0.25, 0.3) is 0 Å². The summed E-state index contributed by atoms with van der Waals surface area (Å²) in [5, 5.41) is 27.4. The lowest BCUT2D eigenvalue weighted by atomic mass is 10.3. The van der Waals surface area contributed by atoms with Crippen molar-refractivity contribution in [2.45, 2.75) is 18.3 Å². The zero-order valence-corrected chi connectivity index (χ0v) is 12.9. The van der Waals surface area contributed by atoms with Gasteiger partial charge < -0.3 is 34.3 Å². The molecule has 0 spiro atoms. The van der Waals surface area contributed by atoms with E-state index in [1.54, 1.807) is 12.2 Å². The van der Waals surface area contributed by atoms with E-state index < -0.39 is 18.3 Å². The van der Waals surface area contributed by atoms with Crippen LogP contribution in [0.3, 0.4) is 0 Å². The van der Waals surface area contributed by atoms with Crippen LogP contribution in [0.5, 0.6) is 0 Å². The lowest BCUT2D eigenvalue weighted by Crippen LogP contribution is -2.37. The Kier molecular flexibility index (Phi) is 14.6. The van der Waals surface area contributed by atoms with Crippen LogP contribution >= 0.6 is 0 Å². The SMILES string of the molecule is C=CCOCC(CO)OCC(COCC=C)OC(CO)CO. The van der Waals surface area contributed by atoms with E-state index in [1.807, 2.05) is 0 Å². The number of rotatable bonds is 16. The van der Waals surface area contributed by atoms with Gasteiger partial charge in [0.05, 0.1) is 52.9 Å². The van der Waals surface area contributed by atoms with Gasteiger partial charge in [-0.3, -0.25) is 0 Å². The second kappa shape index (κ2) is 15.1. The predicted octanol–water partition coefficient (Wildman–Crippen LogP) is -0.492. The van der Waals surface area contributed by atoms with E-state index in [4.69, 9.17) is 29.2 Å². The van der Waals surface area contributed by atoms with Crippen molar-refractivity contribution in [3.05, 3.63) is 25.3 Å². The molecule has 0 saturated carbocycles. The number of hydrogen-bond donors (Lipinski definition) is 3. The quantitative estimate of drug-likeness (QED) is 0.261.